The zero-order chi connectivity index (χ0) is 19.1. The highest BCUT2D eigenvalue weighted by atomic mass is 31.2. The van der Waals surface area contributed by atoms with Crippen molar-refractivity contribution in [1.29, 1.82) is 0 Å². The van der Waals surface area contributed by atoms with Crippen molar-refractivity contribution in [3.8, 4) is 0 Å². The van der Waals surface area contributed by atoms with E-state index in [1.54, 1.807) is 27.7 Å². The van der Waals surface area contributed by atoms with Crippen LogP contribution in [-0.4, -0.2) is 56.4 Å². The number of rotatable bonds is 12. The van der Waals surface area contributed by atoms with Crippen LogP contribution in [0.1, 0.15) is 47.0 Å². The van der Waals surface area contributed by atoms with Crippen LogP contribution in [-0.2, 0) is 27.9 Å². The first kappa shape index (κ1) is 23.7. The zero-order valence-electron chi connectivity index (χ0n) is 15.5. The summed E-state index contributed by atoms with van der Waals surface area (Å²) in [7, 11) is -3.06. The quantitative estimate of drug-likeness (QED) is 0.216. The Morgan fingerprint density at radius 3 is 1.96 bits per heavy atom. The lowest BCUT2D eigenvalue weighted by atomic mass is 10.2. The van der Waals surface area contributed by atoms with E-state index in [1.807, 2.05) is 0 Å². The molecule has 0 spiro atoms. The summed E-state index contributed by atoms with van der Waals surface area (Å²) >= 11 is 0. The molecule has 0 aliphatic heterocycles. The first-order valence-electron chi connectivity index (χ1n) is 8.59. The van der Waals surface area contributed by atoms with Gasteiger partial charge in [-0.15, -0.1) is 5.06 Å². The number of unbranched alkanes of at least 4 members (excludes halogenated alkanes) is 2. The van der Waals surface area contributed by atoms with Crippen LogP contribution < -0.4 is 0 Å². The SMILES string of the molecule is CCOC(=O)ON(CCCCCP(=O)(OCC)OCC)C(=O)OCC. The molecule has 0 saturated carbocycles. The summed E-state index contributed by atoms with van der Waals surface area (Å²) in [6.07, 6.45) is 0.334. The van der Waals surface area contributed by atoms with Gasteiger partial charge in [-0.05, 0) is 40.5 Å². The van der Waals surface area contributed by atoms with Gasteiger partial charge in [0, 0.05) is 0 Å². The normalized spacial score (nSPS) is 11.0. The van der Waals surface area contributed by atoms with Crippen LogP contribution in [0, 0.1) is 0 Å². The van der Waals surface area contributed by atoms with Crippen molar-refractivity contribution < 1.29 is 37.5 Å². The molecule has 0 atom stereocenters. The van der Waals surface area contributed by atoms with Crippen molar-refractivity contribution >= 4 is 19.8 Å². The topological polar surface area (TPSA) is 101 Å². The molecule has 0 aliphatic rings. The predicted octanol–water partition coefficient (Wildman–Crippen LogP) is 3.97. The molecule has 9 nitrogen and oxygen atoms in total. The van der Waals surface area contributed by atoms with Crippen LogP contribution >= 0.6 is 7.60 Å². The third-order valence-electron chi connectivity index (χ3n) is 2.86. The van der Waals surface area contributed by atoms with Gasteiger partial charge in [-0.25, -0.2) is 9.59 Å². The summed E-state index contributed by atoms with van der Waals surface area (Å²) in [6, 6.07) is 0. The fourth-order valence-electron chi connectivity index (χ4n) is 1.90. The van der Waals surface area contributed by atoms with Gasteiger partial charge in [-0.2, -0.15) is 0 Å². The molecule has 0 aliphatic carbocycles. The second-order valence-corrected chi connectivity index (χ2v) is 6.99. The van der Waals surface area contributed by atoms with Gasteiger partial charge < -0.3 is 23.4 Å². The molecule has 0 aromatic heterocycles. The van der Waals surface area contributed by atoms with E-state index in [9.17, 15) is 14.2 Å². The first-order chi connectivity index (χ1) is 11.9. The number of hydrogen-bond donors (Lipinski definition) is 0. The maximum absolute atomic E-state index is 12.3. The van der Waals surface area contributed by atoms with Crippen LogP contribution in [0.2, 0.25) is 0 Å². The molecule has 1 amide bonds. The van der Waals surface area contributed by atoms with E-state index >= 15 is 0 Å². The Hall–Kier alpha value is -1.31. The molecule has 0 fully saturated rings. The van der Waals surface area contributed by atoms with Crippen molar-refractivity contribution in [2.24, 2.45) is 0 Å². The smallest absolute Gasteiger partial charge is 0.448 e. The molecule has 0 saturated heterocycles. The van der Waals surface area contributed by atoms with Gasteiger partial charge in [0.25, 0.3) is 0 Å². The summed E-state index contributed by atoms with van der Waals surface area (Å²) in [5, 5.41) is 0.826. The lowest BCUT2D eigenvalue weighted by molar-refractivity contribution is -0.110. The Morgan fingerprint density at radius 2 is 1.44 bits per heavy atom. The third-order valence-corrected chi connectivity index (χ3v) is 5.03. The van der Waals surface area contributed by atoms with Crippen LogP contribution in [0.15, 0.2) is 0 Å². The first-order valence-corrected chi connectivity index (χ1v) is 10.3. The molecular weight excluding hydrogens is 353 g/mol. The highest BCUT2D eigenvalue weighted by Gasteiger charge is 2.23. The number of hydrogen-bond acceptors (Lipinski definition) is 8. The van der Waals surface area contributed by atoms with Crippen molar-refractivity contribution in [2.45, 2.75) is 47.0 Å². The van der Waals surface area contributed by atoms with E-state index in [0.717, 1.165) is 5.06 Å². The number of ether oxygens (including phenoxy) is 2. The molecule has 0 N–H and O–H groups in total. The van der Waals surface area contributed by atoms with Gasteiger partial charge in [0.15, 0.2) is 0 Å². The zero-order valence-corrected chi connectivity index (χ0v) is 16.4. The van der Waals surface area contributed by atoms with E-state index in [2.05, 4.69) is 4.74 Å². The summed E-state index contributed by atoms with van der Waals surface area (Å²) in [4.78, 5) is 27.9. The van der Waals surface area contributed by atoms with E-state index in [4.69, 9.17) is 18.6 Å². The molecule has 148 valence electrons. The molecule has 0 unspecified atom stereocenters. The van der Waals surface area contributed by atoms with Gasteiger partial charge in [0.1, 0.15) is 0 Å². The third kappa shape index (κ3) is 11.0. The van der Waals surface area contributed by atoms with Crippen molar-refractivity contribution in [1.82, 2.24) is 5.06 Å². The number of nitrogens with zero attached hydrogens (tertiary/aromatic N) is 1. The van der Waals surface area contributed by atoms with Crippen LogP contribution in [0.25, 0.3) is 0 Å². The van der Waals surface area contributed by atoms with Crippen LogP contribution in [0.3, 0.4) is 0 Å². The Kier molecular flexibility index (Phi) is 13.2. The molecule has 0 heterocycles. The molecule has 10 heteroatoms. The number of amides is 1. The van der Waals surface area contributed by atoms with E-state index < -0.39 is 19.8 Å². The molecule has 0 aromatic carbocycles. The lowest BCUT2D eigenvalue weighted by Crippen LogP contribution is -2.35. The fourth-order valence-corrected chi connectivity index (χ4v) is 3.63. The molecule has 25 heavy (non-hydrogen) atoms. The second-order valence-electron chi connectivity index (χ2n) is 4.81. The van der Waals surface area contributed by atoms with Gasteiger partial charge in [0.2, 0.25) is 0 Å². The maximum atomic E-state index is 12.3. The largest absolute Gasteiger partial charge is 0.533 e. The minimum absolute atomic E-state index is 0.139. The Balaban J connectivity index is 4.33. The Bertz CT molecular complexity index is 422. The number of carbonyl (C=O) groups excluding carboxylic acids is 2. The van der Waals surface area contributed by atoms with Crippen molar-refractivity contribution in [2.75, 3.05) is 39.1 Å². The van der Waals surface area contributed by atoms with Gasteiger partial charge in [-0.1, -0.05) is 6.42 Å². The van der Waals surface area contributed by atoms with Gasteiger partial charge >= 0.3 is 19.8 Å². The summed E-state index contributed by atoms with van der Waals surface area (Å²) in [6.45, 7) is 7.89. The van der Waals surface area contributed by atoms with Crippen LogP contribution in [0.4, 0.5) is 9.59 Å². The van der Waals surface area contributed by atoms with Gasteiger partial charge in [0.05, 0.1) is 39.1 Å². The predicted molar refractivity (Wildman–Crippen MR) is 91.4 cm³/mol. The number of hydroxylamine groups is 2. The summed E-state index contributed by atoms with van der Waals surface area (Å²) < 4.78 is 32.2. The van der Waals surface area contributed by atoms with Gasteiger partial charge in [-0.3, -0.25) is 4.57 Å². The lowest BCUT2D eigenvalue weighted by Gasteiger charge is -2.20. The fraction of sp³-hybridized carbons (Fsp3) is 0.867. The average Bonchev–Trinajstić information content (AvgIpc) is 2.54. The van der Waals surface area contributed by atoms with Crippen molar-refractivity contribution in [3.05, 3.63) is 0 Å². The van der Waals surface area contributed by atoms with Crippen molar-refractivity contribution in [3.63, 3.8) is 0 Å². The minimum Gasteiger partial charge on any atom is -0.448 e. The average molecular weight is 383 g/mol. The monoisotopic (exact) mass is 383 g/mol. The maximum Gasteiger partial charge on any atom is 0.533 e. The van der Waals surface area contributed by atoms with E-state index in [0.29, 0.717) is 38.6 Å². The molecule has 0 bridgehead atoms. The highest BCUT2D eigenvalue weighted by Crippen LogP contribution is 2.48. The molecule has 0 aromatic rings. The Morgan fingerprint density at radius 1 is 0.840 bits per heavy atom. The molecular formula is C15H30NO8P. The molecule has 0 rings (SSSR count). The number of carbonyl (C=O) groups is 2. The van der Waals surface area contributed by atoms with E-state index in [-0.39, 0.29) is 19.8 Å². The van der Waals surface area contributed by atoms with Crippen LogP contribution in [0.5, 0.6) is 0 Å². The minimum atomic E-state index is -3.06. The second kappa shape index (κ2) is 13.9. The summed E-state index contributed by atoms with van der Waals surface area (Å²) in [5.41, 5.74) is 0. The molecule has 0 radical (unpaired) electrons. The summed E-state index contributed by atoms with van der Waals surface area (Å²) in [5.74, 6) is 0. The van der Waals surface area contributed by atoms with E-state index in [1.165, 1.54) is 0 Å². The standard InChI is InChI=1S/C15H30NO8P/c1-5-20-14(17)16(24-15(18)21-6-2)12-10-9-11-13-25(19,22-7-3)23-8-4/h5-13H2,1-4H3. The highest BCUT2D eigenvalue weighted by molar-refractivity contribution is 7.53. The Labute approximate surface area is 149 Å².